The van der Waals surface area contributed by atoms with E-state index in [1.807, 2.05) is 50.1 Å². The molecule has 0 amide bonds. The minimum absolute atomic E-state index is 0.162. The predicted octanol–water partition coefficient (Wildman–Crippen LogP) is 2.79. The van der Waals surface area contributed by atoms with E-state index in [9.17, 15) is 4.79 Å². The van der Waals surface area contributed by atoms with Crippen LogP contribution in [0.2, 0.25) is 0 Å². The number of carbonyl (C=O) groups excluding carboxylic acids is 1. The van der Waals surface area contributed by atoms with Crippen molar-refractivity contribution < 1.29 is 9.53 Å². The normalized spacial score (nSPS) is 11.3. The third-order valence-corrected chi connectivity index (χ3v) is 3.02. The van der Waals surface area contributed by atoms with E-state index >= 15 is 0 Å². The number of ether oxygens (including phenoxy) is 1. The van der Waals surface area contributed by atoms with Gasteiger partial charge in [0.15, 0.2) is 5.78 Å². The lowest BCUT2D eigenvalue weighted by molar-refractivity contribution is 0.0619. The van der Waals surface area contributed by atoms with Gasteiger partial charge >= 0.3 is 0 Å². The first kappa shape index (κ1) is 15.9. The first-order valence-corrected chi connectivity index (χ1v) is 6.95. The minimum atomic E-state index is 0.162. The molecule has 0 atom stereocenters. The summed E-state index contributed by atoms with van der Waals surface area (Å²) in [5.74, 6) is 0.162. The molecule has 0 aliphatic rings. The van der Waals surface area contributed by atoms with Crippen LogP contribution in [0.15, 0.2) is 24.3 Å². The van der Waals surface area contributed by atoms with Crippen LogP contribution in [0, 0.1) is 0 Å². The van der Waals surface area contributed by atoms with Crippen molar-refractivity contribution in [3.63, 3.8) is 0 Å². The number of carbonyl (C=O) groups is 1. The molecule has 0 radical (unpaired) electrons. The second-order valence-corrected chi connectivity index (χ2v) is 5.13. The van der Waals surface area contributed by atoms with Gasteiger partial charge in [0.2, 0.25) is 0 Å². The summed E-state index contributed by atoms with van der Waals surface area (Å²) in [6.07, 6.45) is 1.24. The number of nitrogens with zero attached hydrogens (tertiary/aromatic N) is 1. The number of likely N-dealkylation sites (N-methyl/N-ethyl adjacent to an activating group) is 1. The van der Waals surface area contributed by atoms with Crippen molar-refractivity contribution in [2.45, 2.75) is 33.3 Å². The van der Waals surface area contributed by atoms with E-state index in [0.29, 0.717) is 13.2 Å². The van der Waals surface area contributed by atoms with Crippen LogP contribution >= 0.6 is 0 Å². The van der Waals surface area contributed by atoms with Crippen LogP contribution < -0.4 is 0 Å². The van der Waals surface area contributed by atoms with Crippen molar-refractivity contribution in [2.75, 3.05) is 26.7 Å². The van der Waals surface area contributed by atoms with E-state index in [1.54, 1.807) is 0 Å². The molecule has 1 aromatic carbocycles. The van der Waals surface area contributed by atoms with E-state index in [2.05, 4.69) is 6.92 Å². The van der Waals surface area contributed by atoms with Crippen molar-refractivity contribution in [3.8, 4) is 0 Å². The van der Waals surface area contributed by atoms with Crippen LogP contribution in [-0.4, -0.2) is 43.5 Å². The third kappa shape index (κ3) is 5.99. The Morgan fingerprint density at radius 2 is 1.89 bits per heavy atom. The summed E-state index contributed by atoms with van der Waals surface area (Å²) in [4.78, 5) is 14.1. The molecule has 0 bridgehead atoms. The Bertz CT molecular complexity index is 384. The first-order chi connectivity index (χ1) is 9.02. The molecule has 0 fully saturated rings. The number of aryl methyl sites for hydroxylation is 1. The van der Waals surface area contributed by atoms with Gasteiger partial charge in [0, 0.05) is 12.1 Å². The number of rotatable bonds is 8. The zero-order valence-corrected chi connectivity index (χ0v) is 12.5. The Balaban J connectivity index is 2.40. The molecule has 0 aliphatic heterocycles. The highest BCUT2D eigenvalue weighted by Gasteiger charge is 2.09. The Morgan fingerprint density at radius 1 is 1.26 bits per heavy atom. The van der Waals surface area contributed by atoms with Gasteiger partial charge in [-0.2, -0.15) is 0 Å². The van der Waals surface area contributed by atoms with Gasteiger partial charge in [-0.1, -0.05) is 31.2 Å². The van der Waals surface area contributed by atoms with E-state index < -0.39 is 0 Å². The summed E-state index contributed by atoms with van der Waals surface area (Å²) in [7, 11) is 1.95. The van der Waals surface area contributed by atoms with Crippen LogP contribution in [0.3, 0.4) is 0 Å². The summed E-state index contributed by atoms with van der Waals surface area (Å²) >= 11 is 0. The molecular formula is C16H25NO2. The van der Waals surface area contributed by atoms with Gasteiger partial charge in [0.1, 0.15) is 0 Å². The smallest absolute Gasteiger partial charge is 0.176 e. The van der Waals surface area contributed by atoms with Crippen LogP contribution in [-0.2, 0) is 11.2 Å². The number of hydrogen-bond acceptors (Lipinski definition) is 3. The van der Waals surface area contributed by atoms with Crippen LogP contribution in [0.1, 0.15) is 36.7 Å². The third-order valence-electron chi connectivity index (χ3n) is 3.02. The van der Waals surface area contributed by atoms with Crippen molar-refractivity contribution in [1.29, 1.82) is 0 Å². The molecule has 1 rings (SSSR count). The predicted molar refractivity (Wildman–Crippen MR) is 78.7 cm³/mol. The molecule has 0 heterocycles. The van der Waals surface area contributed by atoms with Gasteiger partial charge in [0.25, 0.3) is 0 Å². The molecule has 106 valence electrons. The fourth-order valence-electron chi connectivity index (χ4n) is 1.79. The largest absolute Gasteiger partial charge is 0.377 e. The summed E-state index contributed by atoms with van der Waals surface area (Å²) in [5.41, 5.74) is 2.05. The summed E-state index contributed by atoms with van der Waals surface area (Å²) < 4.78 is 5.48. The standard InChI is InChI=1S/C16H25NO2/c1-5-14-6-8-15(9-7-14)16(18)12-17(4)10-11-19-13(2)3/h6-9,13H,5,10-12H2,1-4H3. The van der Waals surface area contributed by atoms with Crippen molar-refractivity contribution >= 4 is 5.78 Å². The maximum atomic E-state index is 12.1. The Labute approximate surface area is 116 Å². The average Bonchev–Trinajstić information content (AvgIpc) is 2.38. The van der Waals surface area contributed by atoms with Crippen LogP contribution in [0.25, 0.3) is 0 Å². The maximum absolute atomic E-state index is 12.1. The van der Waals surface area contributed by atoms with Crippen LogP contribution in [0.5, 0.6) is 0 Å². The summed E-state index contributed by atoms with van der Waals surface area (Å²) in [6, 6.07) is 7.88. The fourth-order valence-corrected chi connectivity index (χ4v) is 1.79. The molecule has 3 nitrogen and oxygen atoms in total. The Hall–Kier alpha value is -1.19. The molecular weight excluding hydrogens is 238 g/mol. The van der Waals surface area contributed by atoms with Gasteiger partial charge < -0.3 is 4.74 Å². The topological polar surface area (TPSA) is 29.5 Å². The highest BCUT2D eigenvalue weighted by Crippen LogP contribution is 2.06. The number of Topliss-reactive ketones (excluding diaryl/α,β-unsaturated/α-hetero) is 1. The van der Waals surface area contributed by atoms with Gasteiger partial charge in [-0.15, -0.1) is 0 Å². The van der Waals surface area contributed by atoms with Crippen molar-refractivity contribution in [3.05, 3.63) is 35.4 Å². The van der Waals surface area contributed by atoms with E-state index in [0.717, 1.165) is 18.5 Å². The molecule has 0 N–H and O–H groups in total. The molecule has 0 unspecified atom stereocenters. The highest BCUT2D eigenvalue weighted by atomic mass is 16.5. The first-order valence-electron chi connectivity index (χ1n) is 6.95. The lowest BCUT2D eigenvalue weighted by Crippen LogP contribution is -2.29. The second-order valence-electron chi connectivity index (χ2n) is 5.13. The number of ketones is 1. The van der Waals surface area contributed by atoms with Crippen molar-refractivity contribution in [1.82, 2.24) is 4.90 Å². The second kappa shape index (κ2) is 8.08. The van der Waals surface area contributed by atoms with Gasteiger partial charge in [0.05, 0.1) is 19.3 Å². The van der Waals surface area contributed by atoms with E-state index in [-0.39, 0.29) is 11.9 Å². The van der Waals surface area contributed by atoms with Crippen molar-refractivity contribution in [2.24, 2.45) is 0 Å². The van der Waals surface area contributed by atoms with Gasteiger partial charge in [-0.25, -0.2) is 0 Å². The monoisotopic (exact) mass is 263 g/mol. The number of hydrogen-bond donors (Lipinski definition) is 0. The average molecular weight is 263 g/mol. The molecule has 0 aliphatic carbocycles. The Kier molecular flexibility index (Phi) is 6.74. The maximum Gasteiger partial charge on any atom is 0.176 e. The number of benzene rings is 1. The molecule has 0 spiro atoms. The lowest BCUT2D eigenvalue weighted by Gasteiger charge is -2.16. The zero-order valence-electron chi connectivity index (χ0n) is 12.5. The summed E-state index contributed by atoms with van der Waals surface area (Å²) in [5, 5.41) is 0. The Morgan fingerprint density at radius 3 is 2.42 bits per heavy atom. The SMILES string of the molecule is CCc1ccc(C(=O)CN(C)CCOC(C)C)cc1. The quantitative estimate of drug-likeness (QED) is 0.675. The van der Waals surface area contributed by atoms with Gasteiger partial charge in [-0.05, 0) is 32.9 Å². The molecule has 0 aromatic heterocycles. The van der Waals surface area contributed by atoms with Crippen LogP contribution in [0.4, 0.5) is 0 Å². The highest BCUT2D eigenvalue weighted by molar-refractivity contribution is 5.97. The lowest BCUT2D eigenvalue weighted by atomic mass is 10.1. The van der Waals surface area contributed by atoms with E-state index in [4.69, 9.17) is 4.74 Å². The van der Waals surface area contributed by atoms with Gasteiger partial charge in [-0.3, -0.25) is 9.69 Å². The molecule has 19 heavy (non-hydrogen) atoms. The molecule has 3 heteroatoms. The fraction of sp³-hybridized carbons (Fsp3) is 0.562. The van der Waals surface area contributed by atoms with E-state index in [1.165, 1.54) is 5.56 Å². The molecule has 0 saturated heterocycles. The molecule has 1 aromatic rings. The summed E-state index contributed by atoms with van der Waals surface area (Å²) in [6.45, 7) is 8.01. The zero-order chi connectivity index (χ0) is 14.3. The minimum Gasteiger partial charge on any atom is -0.377 e. The molecule has 0 saturated carbocycles.